The molecule has 0 radical (unpaired) electrons. The van der Waals surface area contributed by atoms with E-state index in [0.29, 0.717) is 23.9 Å². The van der Waals surface area contributed by atoms with Crippen LogP contribution in [0.3, 0.4) is 0 Å². The van der Waals surface area contributed by atoms with E-state index in [4.69, 9.17) is 16.3 Å². The van der Waals surface area contributed by atoms with E-state index in [1.807, 2.05) is 30.3 Å². The number of ether oxygens (including phenoxy) is 1. The molecule has 1 saturated heterocycles. The molecule has 1 aliphatic heterocycles. The zero-order valence-corrected chi connectivity index (χ0v) is 14.6. The van der Waals surface area contributed by atoms with Crippen LogP contribution in [-0.4, -0.2) is 25.5 Å². The van der Waals surface area contributed by atoms with Crippen molar-refractivity contribution >= 4 is 34.8 Å². The first-order valence-electron chi connectivity index (χ1n) is 8.01. The van der Waals surface area contributed by atoms with Crippen molar-refractivity contribution in [2.24, 2.45) is 5.92 Å². The van der Waals surface area contributed by atoms with Crippen molar-refractivity contribution in [2.45, 2.75) is 13.0 Å². The molecule has 1 aliphatic rings. The Kier molecular flexibility index (Phi) is 5.36. The quantitative estimate of drug-likeness (QED) is 0.890. The van der Waals surface area contributed by atoms with Gasteiger partial charge in [0, 0.05) is 36.5 Å². The molecule has 0 aromatic heterocycles. The second kappa shape index (κ2) is 7.68. The lowest BCUT2D eigenvalue weighted by Gasteiger charge is -2.17. The maximum Gasteiger partial charge on any atom is 0.229 e. The van der Waals surface area contributed by atoms with Gasteiger partial charge in [0.2, 0.25) is 11.8 Å². The number of methoxy groups -OCH3 is 1. The first-order valence-corrected chi connectivity index (χ1v) is 8.39. The van der Waals surface area contributed by atoms with Gasteiger partial charge in [-0.2, -0.15) is 0 Å². The number of anilines is 2. The zero-order chi connectivity index (χ0) is 17.8. The molecule has 0 aliphatic carbocycles. The summed E-state index contributed by atoms with van der Waals surface area (Å²) in [6.07, 6.45) is 0.191. The van der Waals surface area contributed by atoms with Gasteiger partial charge in [-0.3, -0.25) is 9.59 Å². The highest BCUT2D eigenvalue weighted by molar-refractivity contribution is 6.31. The summed E-state index contributed by atoms with van der Waals surface area (Å²) < 4.78 is 5.10. The van der Waals surface area contributed by atoms with Crippen molar-refractivity contribution in [3.8, 4) is 0 Å². The van der Waals surface area contributed by atoms with Gasteiger partial charge in [-0.05, 0) is 35.9 Å². The molecular weight excluding hydrogens is 340 g/mol. The van der Waals surface area contributed by atoms with Gasteiger partial charge in [0.05, 0.1) is 12.5 Å². The minimum atomic E-state index is -0.391. The van der Waals surface area contributed by atoms with Gasteiger partial charge in [0.1, 0.15) is 0 Å². The van der Waals surface area contributed by atoms with Crippen LogP contribution in [0.1, 0.15) is 12.0 Å². The molecule has 1 heterocycles. The molecule has 0 saturated carbocycles. The molecule has 6 heteroatoms. The maximum atomic E-state index is 12.5. The van der Waals surface area contributed by atoms with Gasteiger partial charge in [0.15, 0.2) is 0 Å². The smallest absolute Gasteiger partial charge is 0.229 e. The third-order valence-corrected chi connectivity index (χ3v) is 4.36. The van der Waals surface area contributed by atoms with Gasteiger partial charge in [-0.15, -0.1) is 0 Å². The summed E-state index contributed by atoms with van der Waals surface area (Å²) in [6, 6.07) is 14.6. The number of amides is 2. The van der Waals surface area contributed by atoms with E-state index >= 15 is 0 Å². The van der Waals surface area contributed by atoms with Crippen molar-refractivity contribution in [1.29, 1.82) is 0 Å². The molecule has 5 nitrogen and oxygen atoms in total. The highest BCUT2D eigenvalue weighted by Crippen LogP contribution is 2.28. The number of carbonyl (C=O) groups is 2. The molecule has 1 N–H and O–H groups in total. The van der Waals surface area contributed by atoms with Crippen LogP contribution in [0, 0.1) is 5.92 Å². The molecule has 25 heavy (non-hydrogen) atoms. The molecule has 1 atom stereocenters. The summed E-state index contributed by atoms with van der Waals surface area (Å²) >= 11 is 5.99. The van der Waals surface area contributed by atoms with Crippen LogP contribution >= 0.6 is 11.6 Å². The summed E-state index contributed by atoms with van der Waals surface area (Å²) in [5.41, 5.74) is 2.39. The number of hydrogen-bond acceptors (Lipinski definition) is 3. The Morgan fingerprint density at radius 2 is 2.08 bits per heavy atom. The van der Waals surface area contributed by atoms with Gasteiger partial charge >= 0.3 is 0 Å². The minimum Gasteiger partial charge on any atom is -0.380 e. The van der Waals surface area contributed by atoms with E-state index < -0.39 is 5.92 Å². The highest BCUT2D eigenvalue weighted by Gasteiger charge is 2.35. The number of benzene rings is 2. The highest BCUT2D eigenvalue weighted by atomic mass is 35.5. The number of nitrogens with zero attached hydrogens (tertiary/aromatic N) is 1. The van der Waals surface area contributed by atoms with Crippen LogP contribution in [0.5, 0.6) is 0 Å². The number of halogens is 1. The molecule has 2 amide bonds. The second-order valence-corrected chi connectivity index (χ2v) is 6.44. The fourth-order valence-electron chi connectivity index (χ4n) is 2.93. The predicted molar refractivity (Wildman–Crippen MR) is 97.7 cm³/mol. The van der Waals surface area contributed by atoms with E-state index in [1.165, 1.54) is 0 Å². The molecule has 2 aromatic carbocycles. The van der Waals surface area contributed by atoms with Crippen LogP contribution in [0.2, 0.25) is 5.02 Å². The fraction of sp³-hybridized carbons (Fsp3) is 0.263. The van der Waals surface area contributed by atoms with Crippen molar-refractivity contribution in [3.63, 3.8) is 0 Å². The third-order valence-electron chi connectivity index (χ3n) is 4.12. The number of nitrogens with one attached hydrogen (secondary N) is 1. The standard InChI is InChI=1S/C19H19ClN2O3/c1-25-12-13-4-2-6-16(8-13)21-19(24)14-9-18(23)22(11-14)17-7-3-5-15(20)10-17/h2-8,10,14H,9,11-12H2,1H3,(H,21,24). The van der Waals surface area contributed by atoms with Crippen LogP contribution < -0.4 is 10.2 Å². The number of carbonyl (C=O) groups excluding carboxylic acids is 2. The second-order valence-electron chi connectivity index (χ2n) is 6.01. The number of hydrogen-bond donors (Lipinski definition) is 1. The van der Waals surface area contributed by atoms with Gasteiger partial charge in [-0.1, -0.05) is 29.8 Å². The summed E-state index contributed by atoms with van der Waals surface area (Å²) in [6.45, 7) is 0.830. The Morgan fingerprint density at radius 1 is 1.28 bits per heavy atom. The summed E-state index contributed by atoms with van der Waals surface area (Å²) in [5, 5.41) is 3.45. The Morgan fingerprint density at radius 3 is 2.84 bits per heavy atom. The lowest BCUT2D eigenvalue weighted by molar-refractivity contribution is -0.122. The molecule has 0 bridgehead atoms. The molecule has 130 valence electrons. The largest absolute Gasteiger partial charge is 0.380 e. The van der Waals surface area contributed by atoms with Crippen LogP contribution in [0.15, 0.2) is 48.5 Å². The predicted octanol–water partition coefficient (Wildman–Crippen LogP) is 3.48. The van der Waals surface area contributed by atoms with Crippen molar-refractivity contribution < 1.29 is 14.3 Å². The van der Waals surface area contributed by atoms with E-state index in [1.54, 1.807) is 30.2 Å². The van der Waals surface area contributed by atoms with Crippen molar-refractivity contribution in [2.75, 3.05) is 23.9 Å². The monoisotopic (exact) mass is 358 g/mol. The zero-order valence-electron chi connectivity index (χ0n) is 13.9. The Hall–Kier alpha value is -2.37. The Bertz CT molecular complexity index is 794. The van der Waals surface area contributed by atoms with E-state index in [2.05, 4.69) is 5.32 Å². The molecule has 1 fully saturated rings. The number of rotatable bonds is 5. The topological polar surface area (TPSA) is 58.6 Å². The summed E-state index contributed by atoms with van der Waals surface area (Å²) in [7, 11) is 1.62. The lowest BCUT2D eigenvalue weighted by Crippen LogP contribution is -2.28. The van der Waals surface area contributed by atoms with Crippen molar-refractivity contribution in [3.05, 3.63) is 59.1 Å². The lowest BCUT2D eigenvalue weighted by atomic mass is 10.1. The maximum absolute atomic E-state index is 12.5. The van der Waals surface area contributed by atoms with Crippen LogP contribution in [0.4, 0.5) is 11.4 Å². The third kappa shape index (κ3) is 4.18. The van der Waals surface area contributed by atoms with Gasteiger partial charge in [0.25, 0.3) is 0 Å². The Balaban J connectivity index is 1.67. The van der Waals surface area contributed by atoms with Gasteiger partial charge < -0.3 is 15.0 Å². The van der Waals surface area contributed by atoms with E-state index in [0.717, 1.165) is 11.3 Å². The molecule has 2 aromatic rings. The van der Waals surface area contributed by atoms with Crippen molar-refractivity contribution in [1.82, 2.24) is 0 Å². The molecular formula is C19H19ClN2O3. The average Bonchev–Trinajstić information content (AvgIpc) is 2.97. The molecule has 0 spiro atoms. The first-order chi connectivity index (χ1) is 12.1. The summed E-state index contributed by atoms with van der Waals surface area (Å²) in [5.74, 6) is -0.624. The average molecular weight is 359 g/mol. The normalized spacial score (nSPS) is 17.0. The first kappa shape index (κ1) is 17.5. The SMILES string of the molecule is COCc1cccc(NC(=O)C2CC(=O)N(c3cccc(Cl)c3)C2)c1. The molecule has 3 rings (SSSR count). The van der Waals surface area contributed by atoms with Gasteiger partial charge in [-0.25, -0.2) is 0 Å². The Labute approximate surface area is 151 Å². The van der Waals surface area contributed by atoms with E-state index in [-0.39, 0.29) is 18.2 Å². The summed E-state index contributed by atoms with van der Waals surface area (Å²) in [4.78, 5) is 26.4. The fourth-order valence-corrected chi connectivity index (χ4v) is 3.11. The minimum absolute atomic E-state index is 0.0736. The van der Waals surface area contributed by atoms with Crippen LogP contribution in [-0.2, 0) is 20.9 Å². The van der Waals surface area contributed by atoms with E-state index in [9.17, 15) is 9.59 Å². The molecule has 1 unspecified atom stereocenters. The van der Waals surface area contributed by atoms with Crippen LogP contribution in [0.25, 0.3) is 0 Å².